The Balaban J connectivity index is 1.54. The Labute approximate surface area is 146 Å². The van der Waals surface area contributed by atoms with Crippen molar-refractivity contribution in [1.29, 1.82) is 0 Å². The van der Waals surface area contributed by atoms with Gasteiger partial charge in [0.15, 0.2) is 0 Å². The molecule has 5 heteroatoms. The van der Waals surface area contributed by atoms with Crippen molar-refractivity contribution in [2.24, 2.45) is 0 Å². The summed E-state index contributed by atoms with van der Waals surface area (Å²) in [6.07, 6.45) is 8.19. The molecule has 1 N–H and O–H groups in total. The number of carbonyl (C=O) groups excluding carboxylic acids is 1. The quantitative estimate of drug-likeness (QED) is 0.798. The minimum absolute atomic E-state index is 0.0222. The molecule has 4 rings (SSSR count). The van der Waals surface area contributed by atoms with E-state index in [1.54, 1.807) is 24.5 Å². The van der Waals surface area contributed by atoms with E-state index in [0.29, 0.717) is 5.56 Å². The van der Waals surface area contributed by atoms with E-state index in [1.807, 2.05) is 24.4 Å². The molecule has 3 aromatic rings. The number of nitrogens with zero attached hydrogens (tertiary/aromatic N) is 3. The highest BCUT2D eigenvalue weighted by molar-refractivity contribution is 5.94. The van der Waals surface area contributed by atoms with Crippen molar-refractivity contribution in [3.8, 4) is 0 Å². The van der Waals surface area contributed by atoms with Crippen LogP contribution in [-0.2, 0) is 13.0 Å². The molecule has 1 aromatic carbocycles. The highest BCUT2D eigenvalue weighted by atomic mass is 16.1. The second-order valence-electron chi connectivity index (χ2n) is 6.34. The summed E-state index contributed by atoms with van der Waals surface area (Å²) >= 11 is 0. The normalized spacial score (nSPS) is 16.2. The summed E-state index contributed by atoms with van der Waals surface area (Å²) in [6.45, 7) is 0.765. The Morgan fingerprint density at radius 3 is 2.76 bits per heavy atom. The molecule has 0 bridgehead atoms. The Kier molecular flexibility index (Phi) is 4.29. The monoisotopic (exact) mass is 332 g/mol. The van der Waals surface area contributed by atoms with Gasteiger partial charge >= 0.3 is 0 Å². The SMILES string of the molecule is O=C(N[C@@H]1CCCc2c1cnn2Cc1ccccc1)c1ccncc1. The molecule has 1 aliphatic rings. The topological polar surface area (TPSA) is 59.8 Å². The van der Waals surface area contributed by atoms with Crippen molar-refractivity contribution in [1.82, 2.24) is 20.1 Å². The molecule has 0 aliphatic heterocycles. The molecule has 0 fully saturated rings. The van der Waals surface area contributed by atoms with E-state index in [9.17, 15) is 4.79 Å². The average Bonchev–Trinajstić information content (AvgIpc) is 3.07. The van der Waals surface area contributed by atoms with Crippen molar-refractivity contribution in [3.05, 3.63) is 83.4 Å². The first-order valence-electron chi connectivity index (χ1n) is 8.60. The molecule has 0 unspecified atom stereocenters. The molecule has 0 saturated heterocycles. The fourth-order valence-electron chi connectivity index (χ4n) is 3.41. The molecule has 2 heterocycles. The maximum absolute atomic E-state index is 12.5. The number of pyridine rings is 1. The minimum atomic E-state index is -0.0592. The van der Waals surface area contributed by atoms with Gasteiger partial charge in [-0.05, 0) is 37.0 Å². The predicted molar refractivity (Wildman–Crippen MR) is 95.2 cm³/mol. The third-order valence-electron chi connectivity index (χ3n) is 4.69. The van der Waals surface area contributed by atoms with Crippen LogP contribution in [0.15, 0.2) is 61.1 Å². The molecule has 0 spiro atoms. The molecule has 1 atom stereocenters. The fourth-order valence-corrected chi connectivity index (χ4v) is 3.41. The van der Waals surface area contributed by atoms with E-state index in [0.717, 1.165) is 31.4 Å². The maximum Gasteiger partial charge on any atom is 0.251 e. The first kappa shape index (κ1) is 15.6. The van der Waals surface area contributed by atoms with Gasteiger partial charge in [-0.1, -0.05) is 30.3 Å². The van der Waals surface area contributed by atoms with Gasteiger partial charge in [-0.25, -0.2) is 0 Å². The first-order valence-corrected chi connectivity index (χ1v) is 8.60. The van der Waals surface area contributed by atoms with Gasteiger partial charge in [0.25, 0.3) is 5.91 Å². The van der Waals surface area contributed by atoms with Crippen LogP contribution < -0.4 is 5.32 Å². The van der Waals surface area contributed by atoms with Crippen LogP contribution in [0.5, 0.6) is 0 Å². The zero-order valence-corrected chi connectivity index (χ0v) is 13.9. The first-order chi connectivity index (χ1) is 12.3. The van der Waals surface area contributed by atoms with Crippen LogP contribution in [-0.4, -0.2) is 20.7 Å². The van der Waals surface area contributed by atoms with Crippen LogP contribution in [0.2, 0.25) is 0 Å². The lowest BCUT2D eigenvalue weighted by Crippen LogP contribution is -2.31. The van der Waals surface area contributed by atoms with E-state index in [2.05, 4.69) is 32.2 Å². The van der Waals surface area contributed by atoms with Crippen LogP contribution in [0.25, 0.3) is 0 Å². The summed E-state index contributed by atoms with van der Waals surface area (Å²) in [7, 11) is 0. The zero-order valence-electron chi connectivity index (χ0n) is 13.9. The Bertz CT molecular complexity index is 858. The van der Waals surface area contributed by atoms with Crippen LogP contribution in [0.4, 0.5) is 0 Å². The Morgan fingerprint density at radius 2 is 1.96 bits per heavy atom. The molecule has 0 radical (unpaired) electrons. The molecule has 25 heavy (non-hydrogen) atoms. The molecule has 1 aliphatic carbocycles. The van der Waals surface area contributed by atoms with E-state index < -0.39 is 0 Å². The maximum atomic E-state index is 12.5. The van der Waals surface area contributed by atoms with Crippen molar-refractivity contribution in [2.75, 3.05) is 0 Å². The van der Waals surface area contributed by atoms with Gasteiger partial charge in [0.1, 0.15) is 0 Å². The van der Waals surface area contributed by atoms with E-state index in [1.165, 1.54) is 11.3 Å². The average molecular weight is 332 g/mol. The number of aromatic nitrogens is 3. The van der Waals surface area contributed by atoms with Gasteiger partial charge in [0.05, 0.1) is 18.8 Å². The summed E-state index contributed by atoms with van der Waals surface area (Å²) in [6, 6.07) is 13.8. The van der Waals surface area contributed by atoms with E-state index >= 15 is 0 Å². The summed E-state index contributed by atoms with van der Waals surface area (Å²) in [4.78, 5) is 16.4. The Morgan fingerprint density at radius 1 is 1.16 bits per heavy atom. The van der Waals surface area contributed by atoms with Crippen LogP contribution in [0.3, 0.4) is 0 Å². The molecular weight excluding hydrogens is 312 g/mol. The van der Waals surface area contributed by atoms with Crippen molar-refractivity contribution >= 4 is 5.91 Å². The van der Waals surface area contributed by atoms with Crippen molar-refractivity contribution < 1.29 is 4.79 Å². The largest absolute Gasteiger partial charge is 0.345 e. The summed E-state index contributed by atoms with van der Waals surface area (Å²) in [5.74, 6) is -0.0592. The number of hydrogen-bond donors (Lipinski definition) is 1. The molecule has 2 aromatic heterocycles. The van der Waals surface area contributed by atoms with Gasteiger partial charge in [-0.15, -0.1) is 0 Å². The Hall–Kier alpha value is -2.95. The van der Waals surface area contributed by atoms with Gasteiger partial charge in [0.2, 0.25) is 0 Å². The molecular formula is C20H20N4O. The van der Waals surface area contributed by atoms with Gasteiger partial charge < -0.3 is 5.32 Å². The number of carbonyl (C=O) groups is 1. The van der Waals surface area contributed by atoms with Gasteiger partial charge in [-0.2, -0.15) is 5.10 Å². The lowest BCUT2D eigenvalue weighted by molar-refractivity contribution is 0.0932. The number of nitrogens with one attached hydrogen (secondary N) is 1. The number of amides is 1. The lowest BCUT2D eigenvalue weighted by atomic mass is 9.92. The van der Waals surface area contributed by atoms with Gasteiger partial charge in [0, 0.05) is 29.2 Å². The second kappa shape index (κ2) is 6.89. The van der Waals surface area contributed by atoms with E-state index in [-0.39, 0.29) is 11.9 Å². The molecule has 0 saturated carbocycles. The van der Waals surface area contributed by atoms with E-state index in [4.69, 9.17) is 0 Å². The number of rotatable bonds is 4. The third-order valence-corrected chi connectivity index (χ3v) is 4.69. The standard InChI is InChI=1S/C20H20N4O/c25-20(16-9-11-21-12-10-16)23-18-7-4-8-19-17(18)13-22-24(19)14-15-5-2-1-3-6-15/h1-3,5-6,9-13,18H,4,7-8,14H2,(H,23,25)/t18-/m1/s1. The summed E-state index contributed by atoms with van der Waals surface area (Å²) < 4.78 is 2.06. The second-order valence-corrected chi connectivity index (χ2v) is 6.34. The van der Waals surface area contributed by atoms with Crippen LogP contribution in [0, 0.1) is 0 Å². The molecule has 1 amide bonds. The summed E-state index contributed by atoms with van der Waals surface area (Å²) in [5, 5.41) is 7.73. The van der Waals surface area contributed by atoms with Gasteiger partial charge in [-0.3, -0.25) is 14.5 Å². The van der Waals surface area contributed by atoms with Crippen molar-refractivity contribution in [3.63, 3.8) is 0 Å². The number of hydrogen-bond acceptors (Lipinski definition) is 3. The highest BCUT2D eigenvalue weighted by Crippen LogP contribution is 2.30. The van der Waals surface area contributed by atoms with Crippen LogP contribution >= 0.6 is 0 Å². The zero-order chi connectivity index (χ0) is 17.1. The van der Waals surface area contributed by atoms with Crippen molar-refractivity contribution in [2.45, 2.75) is 31.8 Å². The smallest absolute Gasteiger partial charge is 0.251 e. The molecule has 5 nitrogen and oxygen atoms in total. The third kappa shape index (κ3) is 3.31. The minimum Gasteiger partial charge on any atom is -0.345 e. The summed E-state index contributed by atoms with van der Waals surface area (Å²) in [5.41, 5.74) is 4.25. The predicted octanol–water partition coefficient (Wildman–Crippen LogP) is 3.13. The number of benzene rings is 1. The number of fused-ring (bicyclic) bond motifs is 1. The fraction of sp³-hybridized carbons (Fsp3) is 0.250. The molecule has 126 valence electrons. The lowest BCUT2D eigenvalue weighted by Gasteiger charge is -2.24. The highest BCUT2D eigenvalue weighted by Gasteiger charge is 2.25. The van der Waals surface area contributed by atoms with Crippen LogP contribution in [0.1, 0.15) is 46.1 Å².